The monoisotopic (exact) mass is 394 g/mol. The number of nitrogens with zero attached hydrogens (tertiary/aromatic N) is 2. The molecule has 2 aromatic rings. The van der Waals surface area contributed by atoms with Crippen molar-refractivity contribution in [3.05, 3.63) is 63.6 Å². The van der Waals surface area contributed by atoms with E-state index in [0.29, 0.717) is 27.9 Å². The summed E-state index contributed by atoms with van der Waals surface area (Å²) in [5.41, 5.74) is 2.81. The lowest BCUT2D eigenvalue weighted by molar-refractivity contribution is -0.124. The van der Waals surface area contributed by atoms with Gasteiger partial charge in [-0.2, -0.15) is 5.06 Å². The molecule has 2 aromatic carbocycles. The first kappa shape index (κ1) is 20.2. The van der Waals surface area contributed by atoms with Gasteiger partial charge in [-0.3, -0.25) is 9.63 Å². The minimum Gasteiger partial charge on any atom is -0.391 e. The second kappa shape index (κ2) is 9.57. The van der Waals surface area contributed by atoms with Gasteiger partial charge in [0.15, 0.2) is 0 Å². The summed E-state index contributed by atoms with van der Waals surface area (Å²) < 4.78 is 0. The lowest BCUT2D eigenvalue weighted by Crippen LogP contribution is -2.29. The standard InChI is InChI=1S/C19H20Cl2N2O3/c1-4-19(24)23(25-3)18-8-6-5-7-14(18)12-26-22-13(2)15-9-16(20)11-17(21)10-15/h5-11H,4,12H2,1-3H3. The van der Waals surface area contributed by atoms with Gasteiger partial charge in [0.05, 0.1) is 18.5 Å². The van der Waals surface area contributed by atoms with Crippen molar-refractivity contribution in [2.45, 2.75) is 26.9 Å². The summed E-state index contributed by atoms with van der Waals surface area (Å²) in [7, 11) is 1.45. The average molecular weight is 395 g/mol. The molecule has 0 aliphatic carbocycles. The SMILES string of the molecule is CCC(=O)N(OC)c1ccccc1CON=C(C)c1cc(Cl)cc(Cl)c1. The summed E-state index contributed by atoms with van der Waals surface area (Å²) >= 11 is 12.0. The molecule has 0 aromatic heterocycles. The topological polar surface area (TPSA) is 51.1 Å². The number of anilines is 1. The van der Waals surface area contributed by atoms with Gasteiger partial charge in [-0.15, -0.1) is 0 Å². The maximum absolute atomic E-state index is 12.0. The molecule has 0 spiro atoms. The van der Waals surface area contributed by atoms with Crippen molar-refractivity contribution in [1.82, 2.24) is 0 Å². The van der Waals surface area contributed by atoms with Crippen LogP contribution in [0, 0.1) is 0 Å². The van der Waals surface area contributed by atoms with E-state index in [-0.39, 0.29) is 12.5 Å². The van der Waals surface area contributed by atoms with Crippen molar-refractivity contribution in [2.24, 2.45) is 5.16 Å². The quantitative estimate of drug-likeness (QED) is 0.476. The smallest absolute Gasteiger partial charge is 0.250 e. The molecule has 0 fully saturated rings. The van der Waals surface area contributed by atoms with Gasteiger partial charge in [-0.1, -0.05) is 53.5 Å². The molecule has 0 heterocycles. The van der Waals surface area contributed by atoms with Crippen LogP contribution in [0.25, 0.3) is 0 Å². The molecule has 0 N–H and O–H groups in total. The van der Waals surface area contributed by atoms with Crippen LogP contribution in [0.4, 0.5) is 5.69 Å². The molecule has 0 atom stereocenters. The van der Waals surface area contributed by atoms with Gasteiger partial charge in [-0.05, 0) is 31.2 Å². The number of halogens is 2. The Labute approximate surface area is 163 Å². The summed E-state index contributed by atoms with van der Waals surface area (Å²) in [4.78, 5) is 22.7. The van der Waals surface area contributed by atoms with E-state index in [1.165, 1.54) is 12.2 Å². The van der Waals surface area contributed by atoms with Gasteiger partial charge in [0.1, 0.15) is 6.61 Å². The Hall–Kier alpha value is -2.08. The third-order valence-corrected chi connectivity index (χ3v) is 4.06. The van der Waals surface area contributed by atoms with Crippen LogP contribution < -0.4 is 5.06 Å². The molecule has 0 saturated heterocycles. The minimum atomic E-state index is -0.145. The number of hydrogen-bond acceptors (Lipinski definition) is 4. The fourth-order valence-electron chi connectivity index (χ4n) is 2.32. The Balaban J connectivity index is 2.16. The fraction of sp³-hybridized carbons (Fsp3) is 0.263. The molecule has 0 radical (unpaired) electrons. The summed E-state index contributed by atoms with van der Waals surface area (Å²) in [6.45, 7) is 3.76. The van der Waals surface area contributed by atoms with Crippen molar-refractivity contribution in [1.29, 1.82) is 0 Å². The predicted molar refractivity (Wildman–Crippen MR) is 105 cm³/mol. The number of para-hydroxylation sites is 1. The van der Waals surface area contributed by atoms with E-state index < -0.39 is 0 Å². The number of rotatable bonds is 7. The zero-order valence-electron chi connectivity index (χ0n) is 14.8. The molecule has 26 heavy (non-hydrogen) atoms. The zero-order chi connectivity index (χ0) is 19.1. The van der Waals surface area contributed by atoms with Crippen molar-refractivity contribution < 1.29 is 14.5 Å². The number of carbonyl (C=O) groups excluding carboxylic acids is 1. The Morgan fingerprint density at radius 1 is 1.15 bits per heavy atom. The van der Waals surface area contributed by atoms with Crippen LogP contribution in [0.2, 0.25) is 10.0 Å². The van der Waals surface area contributed by atoms with Crippen LogP contribution in [0.3, 0.4) is 0 Å². The van der Waals surface area contributed by atoms with Gasteiger partial charge in [-0.25, -0.2) is 0 Å². The molecule has 1 amide bonds. The van der Waals surface area contributed by atoms with E-state index in [2.05, 4.69) is 5.16 Å². The normalized spacial score (nSPS) is 11.3. The lowest BCUT2D eigenvalue weighted by Gasteiger charge is -2.21. The van der Waals surface area contributed by atoms with Gasteiger partial charge < -0.3 is 4.84 Å². The predicted octanol–water partition coefficient (Wildman–Crippen LogP) is 5.24. The third-order valence-electron chi connectivity index (χ3n) is 3.62. The van der Waals surface area contributed by atoms with Crippen LogP contribution >= 0.6 is 23.2 Å². The van der Waals surface area contributed by atoms with Crippen LogP contribution in [0.15, 0.2) is 47.6 Å². The summed E-state index contributed by atoms with van der Waals surface area (Å²) in [6, 6.07) is 12.5. The number of benzene rings is 2. The highest BCUT2D eigenvalue weighted by Gasteiger charge is 2.17. The van der Waals surface area contributed by atoms with E-state index in [0.717, 1.165) is 11.1 Å². The van der Waals surface area contributed by atoms with E-state index in [1.54, 1.807) is 38.1 Å². The third kappa shape index (κ3) is 5.21. The summed E-state index contributed by atoms with van der Waals surface area (Å²) in [5, 5.41) is 6.43. The first-order valence-corrected chi connectivity index (χ1v) is 8.79. The van der Waals surface area contributed by atoms with Gasteiger partial charge in [0.2, 0.25) is 0 Å². The minimum absolute atomic E-state index is 0.145. The first-order valence-electron chi connectivity index (χ1n) is 8.04. The van der Waals surface area contributed by atoms with Gasteiger partial charge in [0, 0.05) is 27.6 Å². The summed E-state index contributed by atoms with van der Waals surface area (Å²) in [5.74, 6) is -0.145. The Bertz CT molecular complexity index is 789. The Kier molecular flexibility index (Phi) is 7.45. The van der Waals surface area contributed by atoms with Gasteiger partial charge in [0.25, 0.3) is 5.91 Å². The van der Waals surface area contributed by atoms with Crippen LogP contribution in [0.1, 0.15) is 31.4 Å². The van der Waals surface area contributed by atoms with Crippen LogP contribution in [0.5, 0.6) is 0 Å². The van der Waals surface area contributed by atoms with E-state index >= 15 is 0 Å². The van der Waals surface area contributed by atoms with Crippen molar-refractivity contribution in [2.75, 3.05) is 12.2 Å². The largest absolute Gasteiger partial charge is 0.391 e. The highest BCUT2D eigenvalue weighted by Crippen LogP contribution is 2.23. The van der Waals surface area contributed by atoms with Crippen LogP contribution in [-0.2, 0) is 21.1 Å². The molecule has 0 aliphatic rings. The maximum atomic E-state index is 12.0. The van der Waals surface area contributed by atoms with Crippen molar-refractivity contribution >= 4 is 40.5 Å². The number of hydrogen-bond donors (Lipinski definition) is 0. The number of amides is 1. The molecule has 138 valence electrons. The van der Waals surface area contributed by atoms with Crippen molar-refractivity contribution in [3.63, 3.8) is 0 Å². The van der Waals surface area contributed by atoms with E-state index in [1.807, 2.05) is 18.2 Å². The molecule has 7 heteroatoms. The fourth-order valence-corrected chi connectivity index (χ4v) is 2.85. The molecular weight excluding hydrogens is 375 g/mol. The molecule has 0 aliphatic heterocycles. The molecule has 0 unspecified atom stereocenters. The van der Waals surface area contributed by atoms with E-state index in [9.17, 15) is 4.79 Å². The number of hydroxylamine groups is 1. The van der Waals surface area contributed by atoms with E-state index in [4.69, 9.17) is 32.9 Å². The zero-order valence-corrected chi connectivity index (χ0v) is 16.3. The molecule has 5 nitrogen and oxygen atoms in total. The Morgan fingerprint density at radius 2 is 1.81 bits per heavy atom. The van der Waals surface area contributed by atoms with Crippen LogP contribution in [-0.4, -0.2) is 18.7 Å². The number of carbonyl (C=O) groups is 1. The Morgan fingerprint density at radius 3 is 2.42 bits per heavy atom. The van der Waals surface area contributed by atoms with Crippen molar-refractivity contribution in [3.8, 4) is 0 Å². The second-order valence-electron chi connectivity index (χ2n) is 5.46. The molecular formula is C19H20Cl2N2O3. The highest BCUT2D eigenvalue weighted by molar-refractivity contribution is 6.35. The first-order chi connectivity index (χ1) is 12.5. The molecule has 0 bridgehead atoms. The summed E-state index contributed by atoms with van der Waals surface area (Å²) in [6.07, 6.45) is 0.329. The highest BCUT2D eigenvalue weighted by atomic mass is 35.5. The maximum Gasteiger partial charge on any atom is 0.250 e. The lowest BCUT2D eigenvalue weighted by atomic mass is 10.1. The van der Waals surface area contributed by atoms with Gasteiger partial charge >= 0.3 is 0 Å². The average Bonchev–Trinajstić information content (AvgIpc) is 2.62. The molecule has 0 saturated carbocycles. The number of oxime groups is 1. The molecule has 2 rings (SSSR count). The second-order valence-corrected chi connectivity index (χ2v) is 6.33.